The SMILES string of the molecule is Cc1cccc([N+](=O)[O-])c1S(=O)(=O)N(CC(C)C)c1cccc(O)c1. The molecule has 0 saturated carbocycles. The van der Waals surface area contributed by atoms with Gasteiger partial charge in [0.2, 0.25) is 0 Å². The van der Waals surface area contributed by atoms with Crippen molar-refractivity contribution < 1.29 is 18.4 Å². The lowest BCUT2D eigenvalue weighted by atomic mass is 10.2. The highest BCUT2D eigenvalue weighted by atomic mass is 32.2. The summed E-state index contributed by atoms with van der Waals surface area (Å²) in [5, 5.41) is 21.0. The lowest BCUT2D eigenvalue weighted by Crippen LogP contribution is -2.35. The molecule has 0 bridgehead atoms. The maximum Gasteiger partial charge on any atom is 0.290 e. The second-order valence-corrected chi connectivity index (χ2v) is 7.93. The number of anilines is 1. The van der Waals surface area contributed by atoms with Crippen molar-refractivity contribution in [2.24, 2.45) is 5.92 Å². The minimum Gasteiger partial charge on any atom is -0.508 e. The summed E-state index contributed by atoms with van der Waals surface area (Å²) in [7, 11) is -4.19. The molecule has 0 heterocycles. The summed E-state index contributed by atoms with van der Waals surface area (Å²) in [6, 6.07) is 9.98. The molecule has 2 aromatic carbocycles. The normalized spacial score (nSPS) is 11.5. The largest absolute Gasteiger partial charge is 0.508 e. The number of nitro groups is 1. The lowest BCUT2D eigenvalue weighted by Gasteiger charge is -2.26. The van der Waals surface area contributed by atoms with Gasteiger partial charge in [-0.1, -0.05) is 32.0 Å². The zero-order valence-electron chi connectivity index (χ0n) is 14.2. The molecular weight excluding hydrogens is 344 g/mol. The average molecular weight is 364 g/mol. The van der Waals surface area contributed by atoms with Gasteiger partial charge in [0.1, 0.15) is 5.75 Å². The Morgan fingerprint density at radius 1 is 1.20 bits per heavy atom. The number of phenols is 1. The Hall–Kier alpha value is -2.61. The molecule has 0 unspecified atom stereocenters. The number of aryl methyl sites for hydroxylation is 1. The first-order valence-electron chi connectivity index (χ1n) is 7.70. The molecule has 2 rings (SSSR count). The van der Waals surface area contributed by atoms with Crippen molar-refractivity contribution in [3.05, 3.63) is 58.1 Å². The summed E-state index contributed by atoms with van der Waals surface area (Å²) in [6.07, 6.45) is 0. The number of phenolic OH excluding ortho intramolecular Hbond substituents is 1. The number of benzene rings is 2. The first-order valence-corrected chi connectivity index (χ1v) is 9.14. The van der Waals surface area contributed by atoms with E-state index in [1.165, 1.54) is 43.3 Å². The van der Waals surface area contributed by atoms with Crippen LogP contribution in [0.4, 0.5) is 11.4 Å². The van der Waals surface area contributed by atoms with Crippen molar-refractivity contribution in [2.75, 3.05) is 10.8 Å². The number of hydrogen-bond acceptors (Lipinski definition) is 5. The van der Waals surface area contributed by atoms with Crippen LogP contribution < -0.4 is 4.31 Å². The van der Waals surface area contributed by atoms with E-state index in [4.69, 9.17) is 0 Å². The molecule has 0 spiro atoms. The van der Waals surface area contributed by atoms with Gasteiger partial charge in [0.05, 0.1) is 10.6 Å². The van der Waals surface area contributed by atoms with Crippen molar-refractivity contribution in [2.45, 2.75) is 25.7 Å². The van der Waals surface area contributed by atoms with Crippen LogP contribution in [0, 0.1) is 23.0 Å². The van der Waals surface area contributed by atoms with Gasteiger partial charge in [0.25, 0.3) is 15.7 Å². The van der Waals surface area contributed by atoms with E-state index >= 15 is 0 Å². The summed E-state index contributed by atoms with van der Waals surface area (Å²) in [6.45, 7) is 5.34. The van der Waals surface area contributed by atoms with Crippen LogP contribution in [-0.4, -0.2) is 25.0 Å². The third-order valence-corrected chi connectivity index (χ3v) is 5.57. The number of rotatable bonds is 6. The lowest BCUT2D eigenvalue weighted by molar-refractivity contribution is -0.387. The van der Waals surface area contributed by atoms with Gasteiger partial charge in [0, 0.05) is 18.7 Å². The quantitative estimate of drug-likeness (QED) is 0.625. The minimum atomic E-state index is -4.19. The number of nitrogens with zero attached hydrogens (tertiary/aromatic N) is 2. The van der Waals surface area contributed by atoms with Crippen LogP contribution in [0.3, 0.4) is 0 Å². The summed E-state index contributed by atoms with van der Waals surface area (Å²) in [5.74, 6) is -0.110. The molecule has 134 valence electrons. The zero-order valence-corrected chi connectivity index (χ0v) is 15.0. The molecule has 0 atom stereocenters. The van der Waals surface area contributed by atoms with Crippen molar-refractivity contribution in [1.82, 2.24) is 0 Å². The van der Waals surface area contributed by atoms with Crippen LogP contribution in [0.15, 0.2) is 47.4 Å². The van der Waals surface area contributed by atoms with Crippen LogP contribution in [0.2, 0.25) is 0 Å². The van der Waals surface area contributed by atoms with E-state index in [-0.39, 0.29) is 28.8 Å². The van der Waals surface area contributed by atoms with Crippen molar-refractivity contribution >= 4 is 21.4 Å². The highest BCUT2D eigenvalue weighted by molar-refractivity contribution is 7.93. The molecule has 0 fully saturated rings. The predicted octanol–water partition coefficient (Wildman–Crippen LogP) is 3.46. The van der Waals surface area contributed by atoms with E-state index in [0.29, 0.717) is 5.56 Å². The number of aromatic hydroxyl groups is 1. The topological polar surface area (TPSA) is 101 Å². The standard InChI is InChI=1S/C17H20N2O5S/c1-12(2)11-18(14-7-5-8-15(20)10-14)25(23,24)17-13(3)6-4-9-16(17)19(21)22/h4-10,12,20H,11H2,1-3H3. The third-order valence-electron chi connectivity index (χ3n) is 3.58. The van der Waals surface area contributed by atoms with E-state index in [0.717, 1.165) is 4.31 Å². The molecule has 0 aromatic heterocycles. The Labute approximate surface area is 146 Å². The predicted molar refractivity (Wildman–Crippen MR) is 95.3 cm³/mol. The van der Waals surface area contributed by atoms with Crippen LogP contribution in [-0.2, 0) is 10.0 Å². The van der Waals surface area contributed by atoms with Gasteiger partial charge < -0.3 is 5.11 Å². The molecule has 1 N–H and O–H groups in total. The monoisotopic (exact) mass is 364 g/mol. The molecule has 0 amide bonds. The van der Waals surface area contributed by atoms with Crippen molar-refractivity contribution in [1.29, 1.82) is 0 Å². The fourth-order valence-corrected chi connectivity index (χ4v) is 4.54. The third kappa shape index (κ3) is 3.90. The smallest absolute Gasteiger partial charge is 0.290 e. The van der Waals surface area contributed by atoms with Crippen LogP contribution in [0.5, 0.6) is 5.75 Å². The summed E-state index contributed by atoms with van der Waals surface area (Å²) in [5.41, 5.74) is 0.0864. The first-order chi connectivity index (χ1) is 11.6. The fraction of sp³-hybridized carbons (Fsp3) is 0.294. The van der Waals surface area contributed by atoms with Gasteiger partial charge in [-0.3, -0.25) is 14.4 Å². The maximum absolute atomic E-state index is 13.3. The van der Waals surface area contributed by atoms with E-state index < -0.39 is 20.6 Å². The molecule has 8 heteroatoms. The summed E-state index contributed by atoms with van der Waals surface area (Å²) in [4.78, 5) is 10.3. The van der Waals surface area contributed by atoms with Gasteiger partial charge in [0.15, 0.2) is 4.90 Å². The molecule has 0 aliphatic rings. The van der Waals surface area contributed by atoms with Gasteiger partial charge >= 0.3 is 0 Å². The molecule has 0 aliphatic carbocycles. The van der Waals surface area contributed by atoms with Crippen LogP contribution >= 0.6 is 0 Å². The van der Waals surface area contributed by atoms with Gasteiger partial charge in [-0.05, 0) is 30.5 Å². The molecule has 2 aromatic rings. The Morgan fingerprint density at radius 3 is 2.40 bits per heavy atom. The highest BCUT2D eigenvalue weighted by Gasteiger charge is 2.34. The number of nitro benzene ring substituents is 1. The molecule has 25 heavy (non-hydrogen) atoms. The average Bonchev–Trinajstić information content (AvgIpc) is 2.51. The number of sulfonamides is 1. The van der Waals surface area contributed by atoms with Crippen LogP contribution in [0.1, 0.15) is 19.4 Å². The zero-order chi connectivity index (χ0) is 18.8. The Balaban J connectivity index is 2.71. The van der Waals surface area contributed by atoms with Gasteiger partial charge in [-0.15, -0.1) is 0 Å². The second-order valence-electron chi connectivity index (χ2n) is 6.13. The molecule has 0 radical (unpaired) electrons. The van der Waals surface area contributed by atoms with Gasteiger partial charge in [-0.25, -0.2) is 8.42 Å². The van der Waals surface area contributed by atoms with E-state index in [2.05, 4.69) is 0 Å². The van der Waals surface area contributed by atoms with Crippen molar-refractivity contribution in [3.63, 3.8) is 0 Å². The molecule has 0 aliphatic heterocycles. The summed E-state index contributed by atoms with van der Waals surface area (Å²) >= 11 is 0. The molecular formula is C17H20N2O5S. The Bertz CT molecular complexity index is 894. The minimum absolute atomic E-state index is 0.0276. The van der Waals surface area contributed by atoms with Crippen LogP contribution in [0.25, 0.3) is 0 Å². The maximum atomic E-state index is 13.3. The molecule has 0 saturated heterocycles. The van der Waals surface area contributed by atoms with E-state index in [1.54, 1.807) is 6.07 Å². The fourth-order valence-electron chi connectivity index (χ4n) is 2.55. The second kappa shape index (κ2) is 7.10. The first kappa shape index (κ1) is 18.7. The molecule has 7 nitrogen and oxygen atoms in total. The van der Waals surface area contributed by atoms with Crippen molar-refractivity contribution in [3.8, 4) is 5.75 Å². The summed E-state index contributed by atoms with van der Waals surface area (Å²) < 4.78 is 27.6. The number of hydrogen-bond donors (Lipinski definition) is 1. The highest BCUT2D eigenvalue weighted by Crippen LogP contribution is 2.33. The Morgan fingerprint density at radius 2 is 1.84 bits per heavy atom. The van der Waals surface area contributed by atoms with E-state index in [1.807, 2.05) is 13.8 Å². The Kier molecular flexibility index (Phi) is 5.32. The van der Waals surface area contributed by atoms with Gasteiger partial charge in [-0.2, -0.15) is 0 Å². The van der Waals surface area contributed by atoms with E-state index in [9.17, 15) is 23.6 Å².